The van der Waals surface area contributed by atoms with E-state index >= 15 is 0 Å². The van der Waals surface area contributed by atoms with E-state index in [-0.39, 0.29) is 12.5 Å². The summed E-state index contributed by atoms with van der Waals surface area (Å²) >= 11 is 0. The average Bonchev–Trinajstić information content (AvgIpc) is 2.62. The molecule has 0 saturated carbocycles. The van der Waals surface area contributed by atoms with Crippen LogP contribution >= 0.6 is 0 Å². The third-order valence-corrected chi connectivity index (χ3v) is 3.41. The van der Waals surface area contributed by atoms with Crippen molar-refractivity contribution >= 4 is 11.9 Å². The van der Waals surface area contributed by atoms with Gasteiger partial charge in [0.2, 0.25) is 0 Å². The normalized spacial score (nSPS) is 11.1. The molecule has 2 N–H and O–H groups in total. The van der Waals surface area contributed by atoms with Crippen molar-refractivity contribution in [3.8, 4) is 5.75 Å². The maximum atomic E-state index is 11.6. The first kappa shape index (κ1) is 20.8. The number of nitrogens with one attached hydrogen (secondary N) is 2. The smallest absolute Gasteiger partial charge is 0.259 e. The van der Waals surface area contributed by atoms with Gasteiger partial charge in [0.15, 0.2) is 12.6 Å². The van der Waals surface area contributed by atoms with Gasteiger partial charge in [-0.1, -0.05) is 12.1 Å². The zero-order chi connectivity index (χ0) is 18.5. The molecule has 0 saturated heterocycles. The van der Waals surface area contributed by atoms with Crippen LogP contribution in [-0.4, -0.2) is 64.3 Å². The zero-order valence-corrected chi connectivity index (χ0v) is 15.7. The summed E-state index contributed by atoms with van der Waals surface area (Å²) in [4.78, 5) is 17.3. The number of amides is 1. The summed E-state index contributed by atoms with van der Waals surface area (Å²) in [7, 11) is 5.16. The van der Waals surface area contributed by atoms with E-state index < -0.39 is 0 Å². The van der Waals surface area contributed by atoms with Gasteiger partial charge in [-0.3, -0.25) is 9.79 Å². The third-order valence-electron chi connectivity index (χ3n) is 3.41. The number of hydrogen-bond acceptors (Lipinski definition) is 4. The average molecular weight is 350 g/mol. The quantitative estimate of drug-likeness (QED) is 0.377. The van der Waals surface area contributed by atoms with Crippen molar-refractivity contribution in [2.45, 2.75) is 19.9 Å². The number of likely N-dealkylation sites (N-methyl/N-ethyl adjacent to an activating group) is 1. The van der Waals surface area contributed by atoms with E-state index in [0.717, 1.165) is 37.7 Å². The minimum atomic E-state index is -0.0693. The molecule has 1 amide bonds. The molecule has 0 unspecified atom stereocenters. The second-order valence-corrected chi connectivity index (χ2v) is 5.63. The summed E-state index contributed by atoms with van der Waals surface area (Å²) in [6.45, 7) is 4.92. The number of nitrogens with zero attached hydrogens (tertiary/aromatic N) is 2. The van der Waals surface area contributed by atoms with E-state index in [0.29, 0.717) is 12.3 Å². The highest BCUT2D eigenvalue weighted by Gasteiger charge is 2.05. The molecule has 7 nitrogen and oxygen atoms in total. The van der Waals surface area contributed by atoms with Crippen LogP contribution in [0.4, 0.5) is 0 Å². The number of benzene rings is 1. The molecule has 1 aromatic rings. The van der Waals surface area contributed by atoms with Crippen LogP contribution in [0.15, 0.2) is 29.3 Å². The molecule has 1 rings (SSSR count). The Kier molecular flexibility index (Phi) is 10.1. The molecule has 0 bridgehead atoms. The SMILES string of the molecule is CCOCCCNC(=NC)NCc1cccc(OCC(=O)N(C)C)c1. The first-order valence-corrected chi connectivity index (χ1v) is 8.51. The molecule has 0 atom stereocenters. The topological polar surface area (TPSA) is 75.2 Å². The molecule has 0 fully saturated rings. The molecule has 0 aromatic heterocycles. The largest absolute Gasteiger partial charge is 0.484 e. The summed E-state index contributed by atoms with van der Waals surface area (Å²) in [5, 5.41) is 6.50. The fourth-order valence-corrected chi connectivity index (χ4v) is 1.95. The second-order valence-electron chi connectivity index (χ2n) is 5.63. The number of guanidine groups is 1. The summed E-state index contributed by atoms with van der Waals surface area (Å²) < 4.78 is 10.8. The van der Waals surface area contributed by atoms with Crippen LogP contribution in [-0.2, 0) is 16.1 Å². The molecular formula is C18H30N4O3. The predicted molar refractivity (Wildman–Crippen MR) is 99.9 cm³/mol. The fraction of sp³-hybridized carbons (Fsp3) is 0.556. The Bertz CT molecular complexity index is 547. The minimum Gasteiger partial charge on any atom is -0.484 e. The molecule has 0 spiro atoms. The van der Waals surface area contributed by atoms with Crippen molar-refractivity contribution in [2.75, 3.05) is 47.5 Å². The number of hydrogen-bond donors (Lipinski definition) is 2. The van der Waals surface area contributed by atoms with Crippen LogP contribution in [0.1, 0.15) is 18.9 Å². The van der Waals surface area contributed by atoms with Gasteiger partial charge in [-0.15, -0.1) is 0 Å². The molecule has 0 heterocycles. The van der Waals surface area contributed by atoms with Gasteiger partial charge in [-0.25, -0.2) is 0 Å². The standard InChI is InChI=1S/C18H30N4O3/c1-5-24-11-7-10-20-18(19-2)21-13-15-8-6-9-16(12-15)25-14-17(23)22(3)4/h6,8-9,12H,5,7,10-11,13-14H2,1-4H3,(H2,19,20,21). The summed E-state index contributed by atoms with van der Waals surface area (Å²) in [6.07, 6.45) is 0.928. The van der Waals surface area contributed by atoms with Crippen LogP contribution in [0.3, 0.4) is 0 Å². The Hall–Kier alpha value is -2.28. The summed E-state index contributed by atoms with van der Waals surface area (Å²) in [5.41, 5.74) is 1.05. The van der Waals surface area contributed by atoms with Gasteiger partial charge >= 0.3 is 0 Å². The highest BCUT2D eigenvalue weighted by atomic mass is 16.5. The van der Waals surface area contributed by atoms with Crippen molar-refractivity contribution < 1.29 is 14.3 Å². The number of ether oxygens (including phenoxy) is 2. The van der Waals surface area contributed by atoms with Crippen molar-refractivity contribution in [3.05, 3.63) is 29.8 Å². The molecular weight excluding hydrogens is 320 g/mol. The van der Waals surface area contributed by atoms with E-state index in [2.05, 4.69) is 15.6 Å². The first-order chi connectivity index (χ1) is 12.1. The van der Waals surface area contributed by atoms with Gasteiger partial charge in [-0.2, -0.15) is 0 Å². The number of carbonyl (C=O) groups excluding carboxylic acids is 1. The Balaban J connectivity index is 2.40. The Labute approximate surface area is 150 Å². The number of aliphatic imine (C=N–C) groups is 1. The van der Waals surface area contributed by atoms with Crippen molar-refractivity contribution in [1.29, 1.82) is 0 Å². The highest BCUT2D eigenvalue weighted by molar-refractivity contribution is 5.79. The zero-order valence-electron chi connectivity index (χ0n) is 15.7. The van der Waals surface area contributed by atoms with Crippen LogP contribution in [0.5, 0.6) is 5.75 Å². The van der Waals surface area contributed by atoms with Crippen molar-refractivity contribution in [3.63, 3.8) is 0 Å². The van der Waals surface area contributed by atoms with E-state index in [1.54, 1.807) is 21.1 Å². The van der Waals surface area contributed by atoms with E-state index in [4.69, 9.17) is 9.47 Å². The Morgan fingerprint density at radius 1 is 1.28 bits per heavy atom. The van der Waals surface area contributed by atoms with Gasteiger partial charge in [0.25, 0.3) is 5.91 Å². The van der Waals surface area contributed by atoms with Gasteiger partial charge in [-0.05, 0) is 31.0 Å². The predicted octanol–water partition coefficient (Wildman–Crippen LogP) is 1.25. The minimum absolute atomic E-state index is 0.0347. The monoisotopic (exact) mass is 350 g/mol. The lowest BCUT2D eigenvalue weighted by Crippen LogP contribution is -2.37. The lowest BCUT2D eigenvalue weighted by atomic mass is 10.2. The Morgan fingerprint density at radius 3 is 2.76 bits per heavy atom. The Morgan fingerprint density at radius 2 is 2.08 bits per heavy atom. The molecule has 25 heavy (non-hydrogen) atoms. The van der Waals surface area contributed by atoms with Crippen LogP contribution < -0.4 is 15.4 Å². The lowest BCUT2D eigenvalue weighted by molar-refractivity contribution is -0.130. The van der Waals surface area contributed by atoms with Crippen LogP contribution in [0.2, 0.25) is 0 Å². The van der Waals surface area contributed by atoms with Gasteiger partial charge in [0.1, 0.15) is 5.75 Å². The van der Waals surface area contributed by atoms with Gasteiger partial charge < -0.3 is 25.0 Å². The number of carbonyl (C=O) groups is 1. The van der Waals surface area contributed by atoms with E-state index in [1.807, 2.05) is 31.2 Å². The first-order valence-electron chi connectivity index (χ1n) is 8.51. The van der Waals surface area contributed by atoms with Crippen LogP contribution in [0.25, 0.3) is 0 Å². The van der Waals surface area contributed by atoms with Crippen molar-refractivity contribution in [1.82, 2.24) is 15.5 Å². The molecule has 140 valence electrons. The molecule has 1 aromatic carbocycles. The van der Waals surface area contributed by atoms with E-state index in [1.165, 1.54) is 4.90 Å². The van der Waals surface area contributed by atoms with Gasteiger partial charge in [0, 0.05) is 47.4 Å². The second kappa shape index (κ2) is 12.1. The molecule has 7 heteroatoms. The lowest BCUT2D eigenvalue weighted by Gasteiger charge is -2.13. The molecule has 0 aliphatic carbocycles. The summed E-state index contributed by atoms with van der Waals surface area (Å²) in [6, 6.07) is 7.66. The maximum absolute atomic E-state index is 11.6. The maximum Gasteiger partial charge on any atom is 0.259 e. The van der Waals surface area contributed by atoms with E-state index in [9.17, 15) is 4.79 Å². The molecule has 0 aliphatic rings. The summed E-state index contributed by atoms with van der Waals surface area (Å²) in [5.74, 6) is 1.35. The van der Waals surface area contributed by atoms with Crippen LogP contribution in [0, 0.1) is 0 Å². The third kappa shape index (κ3) is 8.95. The van der Waals surface area contributed by atoms with Crippen molar-refractivity contribution in [2.24, 2.45) is 4.99 Å². The number of rotatable bonds is 10. The van der Waals surface area contributed by atoms with Gasteiger partial charge in [0.05, 0.1) is 0 Å². The molecule has 0 radical (unpaired) electrons. The fourth-order valence-electron chi connectivity index (χ4n) is 1.95. The molecule has 0 aliphatic heterocycles. The highest BCUT2D eigenvalue weighted by Crippen LogP contribution is 2.13.